The van der Waals surface area contributed by atoms with Gasteiger partial charge in [0.2, 0.25) is 0 Å². The molecule has 1 aromatic carbocycles. The van der Waals surface area contributed by atoms with Crippen LogP contribution in [-0.2, 0) is 27.3 Å². The maximum absolute atomic E-state index is 12.2. The molecule has 0 fully saturated rings. The summed E-state index contributed by atoms with van der Waals surface area (Å²) in [6, 6.07) is 7.97. The lowest BCUT2D eigenvalue weighted by atomic mass is 9.95. The van der Waals surface area contributed by atoms with Gasteiger partial charge in [-0.25, -0.2) is 0 Å². The van der Waals surface area contributed by atoms with Gasteiger partial charge in [-0.3, -0.25) is 19.0 Å². The Morgan fingerprint density at radius 2 is 1.89 bits per heavy atom. The van der Waals surface area contributed by atoms with Gasteiger partial charge in [0.25, 0.3) is 5.91 Å². The molecule has 0 spiro atoms. The number of carbonyl (C=O) groups excluding carboxylic acids is 2. The number of ether oxygens (including phenoxy) is 1. The molecule has 1 heterocycles. The Bertz CT molecular complexity index is 836. The smallest absolute Gasteiger partial charge is 0.326 e. The summed E-state index contributed by atoms with van der Waals surface area (Å²) in [5, 5.41) is 4.60. The van der Waals surface area contributed by atoms with Crippen LogP contribution in [0.4, 0.5) is 0 Å². The van der Waals surface area contributed by atoms with Gasteiger partial charge in [0.15, 0.2) is 6.61 Å². The molecule has 1 aromatic heterocycles. The van der Waals surface area contributed by atoms with Crippen LogP contribution in [0.3, 0.4) is 0 Å². The molecule has 0 aliphatic heterocycles. The van der Waals surface area contributed by atoms with Gasteiger partial charge in [-0.1, -0.05) is 56.4 Å². The Balaban J connectivity index is 1.91. The Kier molecular flexibility index (Phi) is 7.36. The molecular formula is C20H26N2O4S. The molecule has 0 aliphatic rings. The first-order valence-corrected chi connectivity index (χ1v) is 9.88. The molecule has 2 rings (SSSR count). The van der Waals surface area contributed by atoms with E-state index in [1.165, 1.54) is 10.1 Å². The summed E-state index contributed by atoms with van der Waals surface area (Å²) in [4.78, 5) is 35.6. The van der Waals surface area contributed by atoms with Gasteiger partial charge in [0.1, 0.15) is 6.54 Å². The lowest BCUT2D eigenvalue weighted by molar-refractivity contribution is -0.149. The van der Waals surface area contributed by atoms with Crippen molar-refractivity contribution in [1.82, 2.24) is 9.88 Å². The van der Waals surface area contributed by atoms with E-state index in [4.69, 9.17) is 4.74 Å². The average molecular weight is 391 g/mol. The van der Waals surface area contributed by atoms with E-state index < -0.39 is 5.97 Å². The summed E-state index contributed by atoms with van der Waals surface area (Å²) >= 11 is 1.03. The minimum atomic E-state index is -0.609. The lowest BCUT2D eigenvalue weighted by Crippen LogP contribution is -2.35. The van der Waals surface area contributed by atoms with E-state index in [-0.39, 0.29) is 35.9 Å². The molecule has 6 nitrogen and oxygen atoms in total. The number of nitrogens with zero attached hydrogens (tertiary/aromatic N) is 1. The van der Waals surface area contributed by atoms with E-state index in [0.717, 1.165) is 23.3 Å². The number of rotatable bonds is 8. The average Bonchev–Trinajstić information content (AvgIpc) is 2.96. The lowest BCUT2D eigenvalue weighted by Gasteiger charge is -2.23. The van der Waals surface area contributed by atoms with Crippen LogP contribution in [0.5, 0.6) is 0 Å². The molecule has 0 saturated heterocycles. The van der Waals surface area contributed by atoms with Gasteiger partial charge in [-0.15, -0.1) is 0 Å². The van der Waals surface area contributed by atoms with E-state index in [1.807, 2.05) is 26.0 Å². The van der Waals surface area contributed by atoms with Gasteiger partial charge in [-0.2, -0.15) is 0 Å². The van der Waals surface area contributed by atoms with E-state index >= 15 is 0 Å². The van der Waals surface area contributed by atoms with Crippen LogP contribution in [0.2, 0.25) is 0 Å². The fourth-order valence-corrected chi connectivity index (χ4v) is 3.46. The second kappa shape index (κ2) is 9.50. The molecule has 0 radical (unpaired) electrons. The van der Waals surface area contributed by atoms with Crippen molar-refractivity contribution in [3.63, 3.8) is 0 Å². The molecule has 146 valence electrons. The van der Waals surface area contributed by atoms with Gasteiger partial charge in [0.05, 0.1) is 6.04 Å². The highest BCUT2D eigenvalue weighted by Crippen LogP contribution is 2.22. The first-order valence-electron chi connectivity index (χ1n) is 9.00. The summed E-state index contributed by atoms with van der Waals surface area (Å²) < 4.78 is 6.36. The molecule has 0 bridgehead atoms. The molecule has 1 N–H and O–H groups in total. The maximum atomic E-state index is 12.2. The highest BCUT2D eigenvalue weighted by atomic mass is 32.1. The zero-order chi connectivity index (χ0) is 20.0. The van der Waals surface area contributed by atoms with Crippen LogP contribution in [0.15, 0.2) is 34.4 Å². The normalized spacial score (nSPS) is 12.0. The molecule has 1 amide bonds. The standard InChI is InChI=1S/C20H26N2O4S/c1-5-15-6-8-16(9-7-15)19(13(2)3)21-17(23)11-26-18(24)10-22-14(4)12-27-20(22)25/h6-9,12-13,19H,5,10-11H2,1-4H3,(H,21,23)/t19-/m0/s1. The monoisotopic (exact) mass is 390 g/mol. The summed E-state index contributed by atoms with van der Waals surface area (Å²) in [5.74, 6) is -0.790. The Morgan fingerprint density at radius 3 is 2.41 bits per heavy atom. The van der Waals surface area contributed by atoms with Crippen LogP contribution in [-0.4, -0.2) is 23.1 Å². The van der Waals surface area contributed by atoms with Crippen molar-refractivity contribution in [2.45, 2.75) is 46.7 Å². The second-order valence-electron chi connectivity index (χ2n) is 6.77. The fourth-order valence-electron chi connectivity index (χ4n) is 2.73. The number of amides is 1. The van der Waals surface area contributed by atoms with Crippen molar-refractivity contribution in [2.75, 3.05) is 6.61 Å². The highest BCUT2D eigenvalue weighted by Gasteiger charge is 2.19. The number of aromatic nitrogens is 1. The minimum absolute atomic E-state index is 0.163. The molecule has 7 heteroatoms. The quantitative estimate of drug-likeness (QED) is 0.703. The van der Waals surface area contributed by atoms with Crippen LogP contribution in [0.25, 0.3) is 0 Å². The zero-order valence-electron chi connectivity index (χ0n) is 16.2. The zero-order valence-corrected chi connectivity index (χ0v) is 17.0. The summed E-state index contributed by atoms with van der Waals surface area (Å²) in [5.41, 5.74) is 2.95. The number of nitrogens with one attached hydrogen (secondary N) is 1. The van der Waals surface area contributed by atoms with Gasteiger partial charge in [0, 0.05) is 11.1 Å². The third-order valence-electron chi connectivity index (χ3n) is 4.36. The van der Waals surface area contributed by atoms with Gasteiger partial charge >= 0.3 is 10.8 Å². The highest BCUT2D eigenvalue weighted by molar-refractivity contribution is 7.07. The van der Waals surface area contributed by atoms with Gasteiger partial charge < -0.3 is 10.1 Å². The van der Waals surface area contributed by atoms with Crippen molar-refractivity contribution in [1.29, 1.82) is 0 Å². The number of hydrogen-bond donors (Lipinski definition) is 1. The Hall–Kier alpha value is -2.41. The van der Waals surface area contributed by atoms with Crippen LogP contribution in [0.1, 0.15) is 43.6 Å². The molecule has 0 unspecified atom stereocenters. The first-order chi connectivity index (χ1) is 12.8. The SMILES string of the molecule is CCc1ccc([C@@H](NC(=O)COC(=O)Cn2c(C)csc2=O)C(C)C)cc1. The van der Waals surface area contributed by atoms with Crippen molar-refractivity contribution in [3.8, 4) is 0 Å². The summed E-state index contributed by atoms with van der Waals surface area (Å²) in [7, 11) is 0. The minimum Gasteiger partial charge on any atom is -0.454 e. The van der Waals surface area contributed by atoms with E-state index in [1.54, 1.807) is 12.3 Å². The van der Waals surface area contributed by atoms with Crippen molar-refractivity contribution in [2.24, 2.45) is 5.92 Å². The van der Waals surface area contributed by atoms with Crippen LogP contribution in [0, 0.1) is 12.8 Å². The Labute approximate surface area is 163 Å². The predicted octanol–water partition coefficient (Wildman–Crippen LogP) is 2.84. The number of esters is 1. The Morgan fingerprint density at radius 1 is 1.22 bits per heavy atom. The van der Waals surface area contributed by atoms with E-state index in [0.29, 0.717) is 5.69 Å². The van der Waals surface area contributed by atoms with Crippen LogP contribution >= 0.6 is 11.3 Å². The molecule has 0 saturated carbocycles. The first kappa shape index (κ1) is 20.9. The van der Waals surface area contributed by atoms with Crippen molar-refractivity contribution < 1.29 is 14.3 Å². The third-order valence-corrected chi connectivity index (χ3v) is 5.24. The largest absolute Gasteiger partial charge is 0.454 e. The van der Waals surface area contributed by atoms with Crippen molar-refractivity contribution >= 4 is 23.2 Å². The number of thiazole rings is 1. The summed E-state index contributed by atoms with van der Waals surface area (Å²) in [6.07, 6.45) is 0.960. The molecule has 0 aliphatic carbocycles. The predicted molar refractivity (Wildman–Crippen MR) is 106 cm³/mol. The van der Waals surface area contributed by atoms with E-state index in [9.17, 15) is 14.4 Å². The topological polar surface area (TPSA) is 77.4 Å². The summed E-state index contributed by atoms with van der Waals surface area (Å²) in [6.45, 7) is 7.33. The molecular weight excluding hydrogens is 364 g/mol. The molecule has 27 heavy (non-hydrogen) atoms. The van der Waals surface area contributed by atoms with E-state index in [2.05, 4.69) is 24.4 Å². The maximum Gasteiger partial charge on any atom is 0.326 e. The number of aryl methyl sites for hydroxylation is 2. The fraction of sp³-hybridized carbons (Fsp3) is 0.450. The number of carbonyl (C=O) groups is 2. The van der Waals surface area contributed by atoms with Gasteiger partial charge in [-0.05, 0) is 30.4 Å². The molecule has 1 atom stereocenters. The van der Waals surface area contributed by atoms with Crippen LogP contribution < -0.4 is 10.2 Å². The molecule has 2 aromatic rings. The third kappa shape index (κ3) is 5.79. The van der Waals surface area contributed by atoms with Crippen molar-refractivity contribution in [3.05, 3.63) is 56.1 Å². The number of hydrogen-bond acceptors (Lipinski definition) is 5. The second-order valence-corrected chi connectivity index (χ2v) is 7.59. The number of benzene rings is 1.